The van der Waals surface area contributed by atoms with Crippen molar-refractivity contribution >= 4 is 23.3 Å². The zero-order chi connectivity index (χ0) is 21.7. The molecule has 0 bridgehead atoms. The SMILES string of the molecule is COc1ccc(N2CCCN(Cc3ccccc3)C2=O)c(NC(=O)CC(C)(C)C)c1. The maximum absolute atomic E-state index is 13.3. The van der Waals surface area contributed by atoms with Crippen LogP contribution in [0, 0.1) is 5.41 Å². The van der Waals surface area contributed by atoms with Crippen molar-refractivity contribution in [2.45, 2.75) is 40.2 Å². The number of nitrogens with one attached hydrogen (secondary N) is 1. The predicted molar refractivity (Wildman–Crippen MR) is 120 cm³/mol. The van der Waals surface area contributed by atoms with Crippen LogP contribution in [-0.4, -0.2) is 37.0 Å². The molecule has 0 unspecified atom stereocenters. The van der Waals surface area contributed by atoms with Crippen LogP contribution in [0.25, 0.3) is 0 Å². The topological polar surface area (TPSA) is 61.9 Å². The predicted octanol–water partition coefficient (Wildman–Crippen LogP) is 4.90. The molecule has 0 atom stereocenters. The molecule has 1 heterocycles. The van der Waals surface area contributed by atoms with Crippen LogP contribution in [0.1, 0.15) is 39.2 Å². The van der Waals surface area contributed by atoms with Gasteiger partial charge < -0.3 is 15.0 Å². The van der Waals surface area contributed by atoms with Crippen LogP contribution in [0.4, 0.5) is 16.2 Å². The minimum atomic E-state index is -0.128. The van der Waals surface area contributed by atoms with Crippen LogP contribution < -0.4 is 15.0 Å². The molecule has 3 rings (SSSR count). The lowest BCUT2D eigenvalue weighted by atomic mass is 9.92. The van der Waals surface area contributed by atoms with E-state index in [-0.39, 0.29) is 17.4 Å². The maximum atomic E-state index is 13.3. The number of anilines is 2. The number of carbonyl (C=O) groups excluding carboxylic acids is 2. The van der Waals surface area contributed by atoms with Gasteiger partial charge in [0.05, 0.1) is 18.5 Å². The quantitative estimate of drug-likeness (QED) is 0.738. The van der Waals surface area contributed by atoms with Crippen LogP contribution in [0.15, 0.2) is 48.5 Å². The number of methoxy groups -OCH3 is 1. The van der Waals surface area contributed by atoms with E-state index in [9.17, 15) is 9.59 Å². The lowest BCUT2D eigenvalue weighted by Crippen LogP contribution is -2.49. The van der Waals surface area contributed by atoms with Gasteiger partial charge in [0.25, 0.3) is 0 Å². The van der Waals surface area contributed by atoms with Crippen LogP contribution >= 0.6 is 0 Å². The zero-order valence-corrected chi connectivity index (χ0v) is 18.3. The molecule has 1 saturated heterocycles. The van der Waals surface area contributed by atoms with E-state index < -0.39 is 0 Å². The maximum Gasteiger partial charge on any atom is 0.324 e. The van der Waals surface area contributed by atoms with E-state index in [1.807, 2.05) is 68.1 Å². The van der Waals surface area contributed by atoms with Gasteiger partial charge >= 0.3 is 6.03 Å². The zero-order valence-electron chi connectivity index (χ0n) is 18.3. The third kappa shape index (κ3) is 5.53. The van der Waals surface area contributed by atoms with Crippen molar-refractivity contribution in [3.8, 4) is 5.75 Å². The molecule has 160 valence electrons. The second kappa shape index (κ2) is 9.20. The monoisotopic (exact) mass is 409 g/mol. The van der Waals surface area contributed by atoms with E-state index in [4.69, 9.17) is 4.74 Å². The Hall–Kier alpha value is -3.02. The number of benzene rings is 2. The molecule has 1 aliphatic rings. The molecule has 1 N–H and O–H groups in total. The molecular weight excluding hydrogens is 378 g/mol. The third-order valence-corrected chi connectivity index (χ3v) is 4.99. The second-order valence-electron chi connectivity index (χ2n) is 8.86. The van der Waals surface area contributed by atoms with Crippen LogP contribution in [0.3, 0.4) is 0 Å². The molecule has 0 spiro atoms. The van der Waals surface area contributed by atoms with Crippen molar-refractivity contribution in [1.82, 2.24) is 4.90 Å². The highest BCUT2D eigenvalue weighted by Gasteiger charge is 2.29. The van der Waals surface area contributed by atoms with E-state index in [1.165, 1.54) is 0 Å². The van der Waals surface area contributed by atoms with Crippen molar-refractivity contribution in [3.63, 3.8) is 0 Å². The average Bonchev–Trinajstić information content (AvgIpc) is 2.69. The Bertz CT molecular complexity index is 890. The Balaban J connectivity index is 1.84. The number of hydrogen-bond donors (Lipinski definition) is 1. The molecule has 3 amide bonds. The standard InChI is InChI=1S/C24H31N3O3/c1-24(2,3)16-22(28)25-20-15-19(30-4)11-12-21(20)27-14-8-13-26(23(27)29)17-18-9-6-5-7-10-18/h5-7,9-12,15H,8,13-14,16-17H2,1-4H3,(H,25,28). The fourth-order valence-corrected chi connectivity index (χ4v) is 3.61. The normalized spacial score (nSPS) is 14.6. The summed E-state index contributed by atoms with van der Waals surface area (Å²) in [6.45, 7) is 7.96. The van der Waals surface area contributed by atoms with Crippen LogP contribution in [0.5, 0.6) is 5.75 Å². The molecule has 1 fully saturated rings. The Morgan fingerprint density at radius 1 is 1.10 bits per heavy atom. The van der Waals surface area contributed by atoms with Crippen molar-refractivity contribution in [3.05, 3.63) is 54.1 Å². The van der Waals surface area contributed by atoms with Crippen molar-refractivity contribution in [1.29, 1.82) is 0 Å². The molecular formula is C24H31N3O3. The Morgan fingerprint density at radius 3 is 2.50 bits per heavy atom. The first-order chi connectivity index (χ1) is 14.3. The Labute approximate surface area is 178 Å². The smallest absolute Gasteiger partial charge is 0.324 e. The van der Waals surface area contributed by atoms with Crippen molar-refractivity contribution < 1.29 is 14.3 Å². The lowest BCUT2D eigenvalue weighted by Gasteiger charge is -2.36. The summed E-state index contributed by atoms with van der Waals surface area (Å²) in [5.74, 6) is 0.554. The molecule has 6 heteroatoms. The highest BCUT2D eigenvalue weighted by molar-refractivity contribution is 6.01. The van der Waals surface area contributed by atoms with Gasteiger partial charge in [-0.2, -0.15) is 0 Å². The van der Waals surface area contributed by atoms with E-state index >= 15 is 0 Å². The highest BCUT2D eigenvalue weighted by Crippen LogP contribution is 2.33. The largest absolute Gasteiger partial charge is 0.497 e. The van der Waals surface area contributed by atoms with Crippen LogP contribution in [0.2, 0.25) is 0 Å². The number of amides is 3. The molecule has 0 saturated carbocycles. The van der Waals surface area contributed by atoms with Crippen LogP contribution in [-0.2, 0) is 11.3 Å². The van der Waals surface area contributed by atoms with Crippen molar-refractivity contribution in [2.24, 2.45) is 5.41 Å². The lowest BCUT2D eigenvalue weighted by molar-refractivity contribution is -0.117. The van der Waals surface area contributed by atoms with Gasteiger partial charge in [0.2, 0.25) is 5.91 Å². The molecule has 0 aromatic heterocycles. The number of rotatable bonds is 6. The highest BCUT2D eigenvalue weighted by atomic mass is 16.5. The Morgan fingerprint density at radius 2 is 1.83 bits per heavy atom. The number of ether oxygens (including phenoxy) is 1. The number of nitrogens with zero attached hydrogens (tertiary/aromatic N) is 2. The van der Waals surface area contributed by atoms with E-state index in [0.29, 0.717) is 43.2 Å². The van der Waals surface area contributed by atoms with E-state index in [1.54, 1.807) is 18.1 Å². The molecule has 0 radical (unpaired) electrons. The van der Waals surface area contributed by atoms with Gasteiger partial charge in [0.15, 0.2) is 0 Å². The van der Waals surface area contributed by atoms with Gasteiger partial charge in [-0.25, -0.2) is 4.79 Å². The summed E-state index contributed by atoms with van der Waals surface area (Å²) in [6.07, 6.45) is 1.25. The summed E-state index contributed by atoms with van der Waals surface area (Å²) in [6, 6.07) is 15.4. The van der Waals surface area contributed by atoms with Gasteiger partial charge in [0, 0.05) is 32.1 Å². The van der Waals surface area contributed by atoms with Gasteiger partial charge in [-0.1, -0.05) is 51.1 Å². The Kier molecular flexibility index (Phi) is 6.65. The number of carbonyl (C=O) groups is 2. The summed E-state index contributed by atoms with van der Waals surface area (Å²) in [4.78, 5) is 29.4. The number of urea groups is 1. The summed E-state index contributed by atoms with van der Waals surface area (Å²) in [5.41, 5.74) is 2.26. The minimum Gasteiger partial charge on any atom is -0.497 e. The van der Waals surface area contributed by atoms with Gasteiger partial charge in [-0.3, -0.25) is 9.69 Å². The summed E-state index contributed by atoms with van der Waals surface area (Å²) in [7, 11) is 1.59. The second-order valence-corrected chi connectivity index (χ2v) is 8.86. The summed E-state index contributed by atoms with van der Waals surface area (Å²) in [5, 5.41) is 2.99. The van der Waals surface area contributed by atoms with Crippen molar-refractivity contribution in [2.75, 3.05) is 30.4 Å². The fourth-order valence-electron chi connectivity index (χ4n) is 3.61. The fraction of sp³-hybridized carbons (Fsp3) is 0.417. The molecule has 2 aromatic rings. The number of hydrogen-bond acceptors (Lipinski definition) is 3. The molecule has 6 nitrogen and oxygen atoms in total. The first-order valence-corrected chi connectivity index (χ1v) is 10.3. The molecule has 1 aliphatic heterocycles. The van der Waals surface area contributed by atoms with Gasteiger partial charge in [0.1, 0.15) is 5.75 Å². The molecule has 30 heavy (non-hydrogen) atoms. The van der Waals surface area contributed by atoms with E-state index in [0.717, 1.165) is 12.0 Å². The summed E-state index contributed by atoms with van der Waals surface area (Å²) >= 11 is 0. The molecule has 2 aromatic carbocycles. The third-order valence-electron chi connectivity index (χ3n) is 4.99. The van der Waals surface area contributed by atoms with E-state index in [2.05, 4.69) is 5.32 Å². The average molecular weight is 410 g/mol. The first-order valence-electron chi connectivity index (χ1n) is 10.3. The first kappa shape index (κ1) is 21.7. The van der Waals surface area contributed by atoms with Gasteiger partial charge in [-0.15, -0.1) is 0 Å². The summed E-state index contributed by atoms with van der Waals surface area (Å²) < 4.78 is 5.34. The van der Waals surface area contributed by atoms with Gasteiger partial charge in [-0.05, 0) is 29.5 Å². The molecule has 0 aliphatic carbocycles. The minimum absolute atomic E-state index is 0.0541.